The first-order chi connectivity index (χ1) is 29.8. The van der Waals surface area contributed by atoms with Crippen LogP contribution in [-0.4, -0.2) is 89.0 Å². The lowest BCUT2D eigenvalue weighted by molar-refractivity contribution is -0.305. The molecule has 0 aromatic heterocycles. The zero-order valence-corrected chi connectivity index (χ0v) is 39.2. The Morgan fingerprint density at radius 1 is 0.492 bits per heavy atom. The van der Waals surface area contributed by atoms with Gasteiger partial charge in [-0.2, -0.15) is 0 Å². The molecule has 1 aliphatic heterocycles. The molecule has 0 radical (unpaired) electrons. The van der Waals surface area contributed by atoms with Gasteiger partial charge in [0.2, 0.25) is 0 Å². The number of unbranched alkanes of at least 4 members (excludes halogenated alkanes) is 28. The molecule has 1 fully saturated rings. The number of esters is 2. The average Bonchev–Trinajstić information content (AvgIpc) is 3.26. The highest BCUT2D eigenvalue weighted by molar-refractivity contribution is 5.70. The van der Waals surface area contributed by atoms with E-state index in [1.807, 2.05) is 0 Å². The molecule has 0 aliphatic carbocycles. The number of ether oxygens (including phenoxy) is 4. The van der Waals surface area contributed by atoms with E-state index < -0.39 is 49.4 Å². The molecule has 1 saturated heterocycles. The van der Waals surface area contributed by atoms with Gasteiger partial charge in [0, 0.05) is 12.8 Å². The molecule has 2 unspecified atom stereocenters. The maximum Gasteiger partial charge on any atom is 0.306 e. The highest BCUT2D eigenvalue weighted by atomic mass is 16.7. The summed E-state index contributed by atoms with van der Waals surface area (Å²) in [4.78, 5) is 25.4. The number of carbonyl (C=O) groups excluding carboxylic acids is 2. The van der Waals surface area contributed by atoms with Crippen LogP contribution in [0.2, 0.25) is 0 Å². The number of aliphatic hydroxyl groups excluding tert-OH is 4. The van der Waals surface area contributed by atoms with E-state index in [1.165, 1.54) is 154 Å². The molecule has 0 saturated carbocycles. The Balaban J connectivity index is 2.25. The zero-order chi connectivity index (χ0) is 44.4. The lowest BCUT2D eigenvalue weighted by Crippen LogP contribution is -2.59. The van der Waals surface area contributed by atoms with Crippen LogP contribution in [0.1, 0.15) is 232 Å². The van der Waals surface area contributed by atoms with Crippen molar-refractivity contribution in [2.75, 3.05) is 19.8 Å². The molecule has 1 aliphatic rings. The van der Waals surface area contributed by atoms with Gasteiger partial charge in [0.1, 0.15) is 31.0 Å². The van der Waals surface area contributed by atoms with E-state index in [9.17, 15) is 30.0 Å². The summed E-state index contributed by atoms with van der Waals surface area (Å²) >= 11 is 0. The lowest BCUT2D eigenvalue weighted by Gasteiger charge is -2.39. The van der Waals surface area contributed by atoms with Crippen LogP contribution in [0, 0.1) is 0 Å². The van der Waals surface area contributed by atoms with Gasteiger partial charge in [0.25, 0.3) is 0 Å². The number of carbonyl (C=O) groups is 2. The van der Waals surface area contributed by atoms with Gasteiger partial charge in [0.15, 0.2) is 12.4 Å². The molecule has 358 valence electrons. The van der Waals surface area contributed by atoms with Gasteiger partial charge in [-0.15, -0.1) is 0 Å². The first-order valence-electron chi connectivity index (χ1n) is 25.4. The molecule has 10 heteroatoms. The minimum Gasteiger partial charge on any atom is -0.462 e. The standard InChI is InChI=1S/C51H94O10/c1-3-5-7-9-11-13-15-17-19-20-21-22-23-24-26-27-29-31-33-35-37-39-46(53)58-42-44(43-59-51-50(57)49(56)48(55)45(41-52)61-51)60-47(54)40-38-36-34-32-30-28-25-18-16-14-12-10-8-6-4-2/h14,16-17,19,44-45,48-52,55-57H,3-13,15,18,20-43H2,1-2H3/b16-14+,19-17+/t44-,45-,48+,49?,50?,51-/m0/s1. The second-order valence-electron chi connectivity index (χ2n) is 17.6. The van der Waals surface area contributed by atoms with Gasteiger partial charge in [-0.3, -0.25) is 9.59 Å². The van der Waals surface area contributed by atoms with Crippen LogP contribution in [0.5, 0.6) is 0 Å². The van der Waals surface area contributed by atoms with Crippen LogP contribution in [0.15, 0.2) is 24.3 Å². The first kappa shape index (κ1) is 57.2. The maximum atomic E-state index is 12.8. The van der Waals surface area contributed by atoms with Gasteiger partial charge in [-0.1, -0.05) is 179 Å². The molecule has 0 aromatic carbocycles. The van der Waals surface area contributed by atoms with E-state index in [2.05, 4.69) is 38.2 Å². The molecule has 0 bridgehead atoms. The van der Waals surface area contributed by atoms with Gasteiger partial charge >= 0.3 is 11.9 Å². The SMILES string of the molecule is CCCCCC/C=C/CCCCCCCCCC(=O)O[C@@H](COC(=O)CCCCCCCCCCCCC/C=C/CCCCCCCC)CO[C@H]1O[C@@H](CO)[C@@H](O)C(O)C1O. The van der Waals surface area contributed by atoms with Crippen LogP contribution in [0.3, 0.4) is 0 Å². The number of hydrogen-bond donors (Lipinski definition) is 4. The largest absolute Gasteiger partial charge is 0.462 e. The molecular formula is C51H94O10. The molecule has 1 rings (SSSR count). The van der Waals surface area contributed by atoms with Crippen molar-refractivity contribution in [3.8, 4) is 0 Å². The van der Waals surface area contributed by atoms with Crippen LogP contribution in [0.25, 0.3) is 0 Å². The fourth-order valence-electron chi connectivity index (χ4n) is 7.77. The Kier molecular flexibility index (Phi) is 39.5. The molecule has 4 N–H and O–H groups in total. The van der Waals surface area contributed by atoms with Crippen molar-refractivity contribution >= 4 is 11.9 Å². The molecule has 10 nitrogen and oxygen atoms in total. The summed E-state index contributed by atoms with van der Waals surface area (Å²) in [7, 11) is 0. The van der Waals surface area contributed by atoms with Gasteiger partial charge in [0.05, 0.1) is 13.2 Å². The van der Waals surface area contributed by atoms with Crippen molar-refractivity contribution in [3.63, 3.8) is 0 Å². The van der Waals surface area contributed by atoms with Gasteiger partial charge in [-0.25, -0.2) is 0 Å². The molecule has 61 heavy (non-hydrogen) atoms. The van der Waals surface area contributed by atoms with Crippen molar-refractivity contribution in [3.05, 3.63) is 24.3 Å². The summed E-state index contributed by atoms with van der Waals surface area (Å²) in [5.74, 6) is -0.803. The second-order valence-corrected chi connectivity index (χ2v) is 17.6. The summed E-state index contributed by atoms with van der Waals surface area (Å²) in [5.41, 5.74) is 0. The molecule has 6 atom stereocenters. The normalized spacial score (nSPS) is 19.9. The first-order valence-corrected chi connectivity index (χ1v) is 25.4. The van der Waals surface area contributed by atoms with Crippen molar-refractivity contribution in [1.29, 1.82) is 0 Å². The summed E-state index contributed by atoms with van der Waals surface area (Å²) < 4.78 is 22.2. The number of allylic oxidation sites excluding steroid dienone is 4. The van der Waals surface area contributed by atoms with Crippen molar-refractivity contribution in [1.82, 2.24) is 0 Å². The number of rotatable bonds is 43. The van der Waals surface area contributed by atoms with Crippen LogP contribution < -0.4 is 0 Å². The molecule has 1 heterocycles. The molecule has 0 amide bonds. The minimum atomic E-state index is -1.59. The monoisotopic (exact) mass is 867 g/mol. The highest BCUT2D eigenvalue weighted by Gasteiger charge is 2.44. The van der Waals surface area contributed by atoms with Gasteiger partial charge < -0.3 is 39.4 Å². The Morgan fingerprint density at radius 2 is 0.869 bits per heavy atom. The van der Waals surface area contributed by atoms with E-state index in [0.29, 0.717) is 6.42 Å². The van der Waals surface area contributed by atoms with E-state index in [1.54, 1.807) is 0 Å². The van der Waals surface area contributed by atoms with E-state index >= 15 is 0 Å². The minimum absolute atomic E-state index is 0.216. The zero-order valence-electron chi connectivity index (χ0n) is 39.2. The van der Waals surface area contributed by atoms with E-state index in [-0.39, 0.29) is 32.0 Å². The van der Waals surface area contributed by atoms with Crippen LogP contribution in [-0.2, 0) is 28.5 Å². The quantitative estimate of drug-likeness (QED) is 0.0265. The lowest BCUT2D eigenvalue weighted by atomic mass is 9.99. The predicted molar refractivity (Wildman–Crippen MR) is 247 cm³/mol. The third kappa shape index (κ3) is 33.4. The van der Waals surface area contributed by atoms with Crippen molar-refractivity contribution in [2.24, 2.45) is 0 Å². The third-order valence-electron chi connectivity index (χ3n) is 11.8. The Hall–Kier alpha value is -1.82. The van der Waals surface area contributed by atoms with Crippen molar-refractivity contribution in [2.45, 2.75) is 269 Å². The summed E-state index contributed by atoms with van der Waals surface area (Å²) in [6.45, 7) is 3.43. The maximum absolute atomic E-state index is 12.8. The number of hydrogen-bond acceptors (Lipinski definition) is 10. The molecular weight excluding hydrogens is 773 g/mol. The number of aliphatic hydroxyl groups is 4. The van der Waals surface area contributed by atoms with Crippen LogP contribution in [0.4, 0.5) is 0 Å². The predicted octanol–water partition coefficient (Wildman–Crippen LogP) is 11.7. The fourth-order valence-corrected chi connectivity index (χ4v) is 7.77. The molecule has 0 spiro atoms. The molecule has 0 aromatic rings. The highest BCUT2D eigenvalue weighted by Crippen LogP contribution is 2.23. The Labute approximate surface area is 373 Å². The summed E-state index contributed by atoms with van der Waals surface area (Å²) in [6.07, 6.45) is 40.4. The average molecular weight is 867 g/mol. The smallest absolute Gasteiger partial charge is 0.306 e. The topological polar surface area (TPSA) is 152 Å². The fraction of sp³-hybridized carbons (Fsp3) is 0.882. The Morgan fingerprint density at radius 3 is 1.30 bits per heavy atom. The summed E-state index contributed by atoms with van der Waals surface area (Å²) in [6, 6.07) is 0. The van der Waals surface area contributed by atoms with Crippen LogP contribution >= 0.6 is 0 Å². The Bertz CT molecular complexity index is 1050. The van der Waals surface area contributed by atoms with E-state index in [0.717, 1.165) is 44.9 Å². The van der Waals surface area contributed by atoms with Crippen molar-refractivity contribution < 1.29 is 49.0 Å². The third-order valence-corrected chi connectivity index (χ3v) is 11.8. The van der Waals surface area contributed by atoms with Gasteiger partial charge in [-0.05, 0) is 64.2 Å². The van der Waals surface area contributed by atoms with E-state index in [4.69, 9.17) is 18.9 Å². The second kappa shape index (κ2) is 42.1. The summed E-state index contributed by atoms with van der Waals surface area (Å²) in [5, 5.41) is 40.2.